The van der Waals surface area contributed by atoms with Gasteiger partial charge in [0.15, 0.2) is 0 Å². The lowest BCUT2D eigenvalue weighted by Crippen LogP contribution is -2.32. The Morgan fingerprint density at radius 1 is 1.00 bits per heavy atom. The second-order valence-electron chi connectivity index (χ2n) is 8.18. The molecule has 2 aromatic rings. The van der Waals surface area contributed by atoms with E-state index in [2.05, 4.69) is 10.6 Å². The Hall–Kier alpha value is -2.88. The Kier molecular flexibility index (Phi) is 7.70. The summed E-state index contributed by atoms with van der Waals surface area (Å²) in [6.45, 7) is 2.59. The Bertz CT molecular complexity index is 1020. The number of carbonyl (C=O) groups excluding carboxylic acids is 1. The van der Waals surface area contributed by atoms with Crippen molar-refractivity contribution in [2.75, 3.05) is 13.1 Å². The minimum atomic E-state index is -4.98. The largest absolute Gasteiger partial charge is 0.416 e. The fourth-order valence-electron chi connectivity index (χ4n) is 3.96. The SMILES string of the molecule is CC(=C1CCCNC1)C(C(=O)NCc1cc(C(F)(F)F)cc(C(F)(F)F)c1)c1ccc(F)cc1. The molecule has 0 aliphatic carbocycles. The normalized spacial score (nSPS) is 17.3. The molecule has 2 aromatic carbocycles. The number of hydrogen-bond acceptors (Lipinski definition) is 2. The molecule has 1 unspecified atom stereocenters. The molecule has 0 aromatic heterocycles. The highest BCUT2D eigenvalue weighted by Gasteiger charge is 2.37. The van der Waals surface area contributed by atoms with E-state index in [4.69, 9.17) is 0 Å². The van der Waals surface area contributed by atoms with Gasteiger partial charge in [0.25, 0.3) is 0 Å². The molecule has 1 saturated heterocycles. The van der Waals surface area contributed by atoms with Gasteiger partial charge in [0, 0.05) is 13.1 Å². The van der Waals surface area contributed by atoms with E-state index >= 15 is 0 Å². The van der Waals surface area contributed by atoms with Crippen LogP contribution in [0.25, 0.3) is 0 Å². The fraction of sp³-hybridized carbons (Fsp3) is 0.375. The van der Waals surface area contributed by atoms with Crippen LogP contribution in [0.5, 0.6) is 0 Å². The number of alkyl halides is 6. The van der Waals surface area contributed by atoms with Crippen molar-refractivity contribution in [3.63, 3.8) is 0 Å². The molecule has 1 fully saturated rings. The molecule has 2 N–H and O–H groups in total. The summed E-state index contributed by atoms with van der Waals surface area (Å²) < 4.78 is 92.2. The first-order valence-corrected chi connectivity index (χ1v) is 10.6. The summed E-state index contributed by atoms with van der Waals surface area (Å²) in [5.74, 6) is -1.98. The van der Waals surface area contributed by atoms with Crippen molar-refractivity contribution >= 4 is 5.91 Å². The number of halogens is 7. The van der Waals surface area contributed by atoms with E-state index in [-0.39, 0.29) is 11.6 Å². The molecule has 1 amide bonds. The van der Waals surface area contributed by atoms with Gasteiger partial charge >= 0.3 is 12.4 Å². The molecule has 3 rings (SSSR count). The number of carbonyl (C=O) groups is 1. The number of piperidine rings is 1. The maximum Gasteiger partial charge on any atom is 0.416 e. The van der Waals surface area contributed by atoms with Crippen LogP contribution in [0, 0.1) is 5.82 Å². The fourth-order valence-corrected chi connectivity index (χ4v) is 3.96. The van der Waals surface area contributed by atoms with Crippen LogP contribution < -0.4 is 10.6 Å². The number of rotatable bonds is 5. The van der Waals surface area contributed by atoms with Crippen LogP contribution in [0.2, 0.25) is 0 Å². The van der Waals surface area contributed by atoms with Gasteiger partial charge in [-0.05, 0) is 67.8 Å². The molecule has 184 valence electrons. The highest BCUT2D eigenvalue weighted by Crippen LogP contribution is 2.36. The number of nitrogens with one attached hydrogen (secondary N) is 2. The third-order valence-corrected chi connectivity index (χ3v) is 5.74. The Morgan fingerprint density at radius 3 is 2.09 bits per heavy atom. The summed E-state index contributed by atoms with van der Waals surface area (Å²) in [6.07, 6.45) is -8.36. The third kappa shape index (κ3) is 6.37. The highest BCUT2D eigenvalue weighted by molar-refractivity contribution is 5.87. The van der Waals surface area contributed by atoms with Crippen LogP contribution in [-0.4, -0.2) is 19.0 Å². The summed E-state index contributed by atoms with van der Waals surface area (Å²) in [6, 6.07) is 6.46. The van der Waals surface area contributed by atoms with Gasteiger partial charge in [-0.25, -0.2) is 4.39 Å². The number of amides is 1. The lowest BCUT2D eigenvalue weighted by molar-refractivity contribution is -0.143. The molecule has 0 saturated carbocycles. The van der Waals surface area contributed by atoms with Gasteiger partial charge in [-0.15, -0.1) is 0 Å². The zero-order chi connectivity index (χ0) is 25.1. The quantitative estimate of drug-likeness (QED) is 0.403. The monoisotopic (exact) mass is 488 g/mol. The molecular weight excluding hydrogens is 465 g/mol. The predicted molar refractivity (Wildman–Crippen MR) is 112 cm³/mol. The Morgan fingerprint density at radius 2 is 1.59 bits per heavy atom. The van der Waals surface area contributed by atoms with Crippen LogP contribution in [0.1, 0.15) is 47.9 Å². The van der Waals surface area contributed by atoms with Crippen molar-refractivity contribution in [3.8, 4) is 0 Å². The van der Waals surface area contributed by atoms with Crippen molar-refractivity contribution in [3.05, 3.63) is 81.7 Å². The molecule has 1 heterocycles. The number of hydrogen-bond donors (Lipinski definition) is 2. The molecule has 1 aliphatic rings. The molecule has 0 radical (unpaired) electrons. The summed E-state index contributed by atoms with van der Waals surface area (Å²) >= 11 is 0. The van der Waals surface area contributed by atoms with E-state index in [1.165, 1.54) is 24.3 Å². The van der Waals surface area contributed by atoms with Crippen LogP contribution in [0.15, 0.2) is 53.6 Å². The van der Waals surface area contributed by atoms with Gasteiger partial charge in [-0.1, -0.05) is 23.3 Å². The zero-order valence-electron chi connectivity index (χ0n) is 18.2. The molecule has 3 nitrogen and oxygen atoms in total. The highest BCUT2D eigenvalue weighted by atomic mass is 19.4. The summed E-state index contributed by atoms with van der Waals surface area (Å²) in [4.78, 5) is 13.1. The predicted octanol–water partition coefficient (Wildman–Crippen LogP) is 5.96. The standard InChI is InChI=1S/C24H23F7N2O/c1-14(17-3-2-8-32-13-17)21(16-4-6-20(25)7-5-16)22(34)33-12-15-9-18(23(26,27)28)11-19(10-15)24(29,30)31/h4-7,9-11,21,32H,2-3,8,12-13H2,1H3,(H,33,34). The molecule has 1 aliphatic heterocycles. The molecular formula is C24H23F7N2O. The van der Waals surface area contributed by atoms with Gasteiger partial charge in [0.1, 0.15) is 5.82 Å². The summed E-state index contributed by atoms with van der Waals surface area (Å²) in [5.41, 5.74) is -1.08. The average Bonchev–Trinajstić information content (AvgIpc) is 2.78. The third-order valence-electron chi connectivity index (χ3n) is 5.74. The van der Waals surface area contributed by atoms with Crippen LogP contribution in [0.3, 0.4) is 0 Å². The van der Waals surface area contributed by atoms with Gasteiger partial charge in [0.05, 0.1) is 17.0 Å². The molecule has 10 heteroatoms. The first kappa shape index (κ1) is 25.7. The minimum Gasteiger partial charge on any atom is -0.351 e. The van der Waals surface area contributed by atoms with Crippen LogP contribution >= 0.6 is 0 Å². The molecule has 0 spiro atoms. The van der Waals surface area contributed by atoms with Crippen molar-refractivity contribution < 1.29 is 35.5 Å². The van der Waals surface area contributed by atoms with E-state index in [1.807, 2.05) is 0 Å². The van der Waals surface area contributed by atoms with Crippen molar-refractivity contribution in [1.29, 1.82) is 0 Å². The first-order chi connectivity index (χ1) is 15.9. The first-order valence-electron chi connectivity index (χ1n) is 10.6. The number of benzene rings is 2. The van der Waals surface area contributed by atoms with E-state index in [9.17, 15) is 35.5 Å². The van der Waals surface area contributed by atoms with Crippen molar-refractivity contribution in [1.82, 2.24) is 10.6 Å². The van der Waals surface area contributed by atoms with Crippen LogP contribution in [-0.2, 0) is 23.7 Å². The van der Waals surface area contributed by atoms with E-state index in [0.29, 0.717) is 29.8 Å². The van der Waals surface area contributed by atoms with Gasteiger partial charge in [-0.3, -0.25) is 4.79 Å². The van der Waals surface area contributed by atoms with Crippen LogP contribution in [0.4, 0.5) is 30.7 Å². The zero-order valence-corrected chi connectivity index (χ0v) is 18.2. The second kappa shape index (κ2) is 10.2. The molecule has 0 bridgehead atoms. The topological polar surface area (TPSA) is 41.1 Å². The lowest BCUT2D eigenvalue weighted by Gasteiger charge is -2.25. The maximum absolute atomic E-state index is 13.4. The van der Waals surface area contributed by atoms with Crippen molar-refractivity contribution in [2.24, 2.45) is 0 Å². The second-order valence-corrected chi connectivity index (χ2v) is 8.18. The Balaban J connectivity index is 1.91. The van der Waals surface area contributed by atoms with E-state index in [1.54, 1.807) is 6.92 Å². The van der Waals surface area contributed by atoms with Gasteiger partial charge in [0.2, 0.25) is 5.91 Å². The summed E-state index contributed by atoms with van der Waals surface area (Å²) in [7, 11) is 0. The molecule has 1 atom stereocenters. The van der Waals surface area contributed by atoms with Gasteiger partial charge in [-0.2, -0.15) is 26.3 Å². The summed E-state index contributed by atoms with van der Waals surface area (Å²) in [5, 5.41) is 5.67. The lowest BCUT2D eigenvalue weighted by atomic mass is 9.86. The molecule has 34 heavy (non-hydrogen) atoms. The van der Waals surface area contributed by atoms with Crippen molar-refractivity contribution in [2.45, 2.75) is 44.6 Å². The van der Waals surface area contributed by atoms with Gasteiger partial charge < -0.3 is 10.6 Å². The van der Waals surface area contributed by atoms with E-state index in [0.717, 1.165) is 25.0 Å². The van der Waals surface area contributed by atoms with E-state index < -0.39 is 47.7 Å². The Labute approximate surface area is 192 Å². The average molecular weight is 488 g/mol. The minimum absolute atomic E-state index is 0.0390. The smallest absolute Gasteiger partial charge is 0.351 e. The maximum atomic E-state index is 13.4.